The molecule has 5 nitrogen and oxygen atoms in total. The van der Waals surface area contributed by atoms with Crippen molar-refractivity contribution in [2.75, 3.05) is 32.8 Å². The van der Waals surface area contributed by atoms with Gasteiger partial charge in [0.05, 0.1) is 12.7 Å². The number of likely N-dealkylation sites (tertiary alicyclic amines) is 1. The van der Waals surface area contributed by atoms with Crippen molar-refractivity contribution in [2.24, 2.45) is 5.92 Å². The molecule has 0 aromatic carbocycles. The molecule has 19 heavy (non-hydrogen) atoms. The summed E-state index contributed by atoms with van der Waals surface area (Å²) in [6.45, 7) is 10.1. The summed E-state index contributed by atoms with van der Waals surface area (Å²) < 4.78 is 11.2. The molecule has 0 aromatic rings. The van der Waals surface area contributed by atoms with Gasteiger partial charge in [-0.1, -0.05) is 0 Å². The molecule has 1 amide bonds. The first kappa shape index (κ1) is 14.6. The Bertz CT molecular complexity index is 302. The van der Waals surface area contributed by atoms with Gasteiger partial charge in [0.25, 0.3) is 0 Å². The second kappa shape index (κ2) is 6.09. The number of carbonyl (C=O) groups excluding carboxylic acids is 1. The maximum atomic E-state index is 11.7. The third kappa shape index (κ3) is 4.66. The summed E-state index contributed by atoms with van der Waals surface area (Å²) in [5.41, 5.74) is -0.409. The molecule has 2 heterocycles. The molecule has 0 bridgehead atoms. The Labute approximate surface area is 115 Å². The fourth-order valence-electron chi connectivity index (χ4n) is 2.39. The van der Waals surface area contributed by atoms with Gasteiger partial charge < -0.3 is 19.7 Å². The van der Waals surface area contributed by atoms with Gasteiger partial charge in [-0.05, 0) is 46.7 Å². The predicted octanol–water partition coefficient (Wildman–Crippen LogP) is 1.62. The molecule has 2 rings (SSSR count). The lowest BCUT2D eigenvalue weighted by Crippen LogP contribution is -2.53. The Kier molecular flexibility index (Phi) is 4.68. The number of ether oxygens (including phenoxy) is 2. The van der Waals surface area contributed by atoms with E-state index in [1.807, 2.05) is 20.8 Å². The highest BCUT2D eigenvalue weighted by molar-refractivity contribution is 5.69. The van der Waals surface area contributed by atoms with Gasteiger partial charge in [0.15, 0.2) is 0 Å². The van der Waals surface area contributed by atoms with Crippen LogP contribution in [0.2, 0.25) is 0 Å². The number of rotatable bonds is 3. The van der Waals surface area contributed by atoms with Crippen LogP contribution >= 0.6 is 0 Å². The zero-order valence-electron chi connectivity index (χ0n) is 12.3. The van der Waals surface area contributed by atoms with Crippen molar-refractivity contribution in [2.45, 2.75) is 45.3 Å². The highest BCUT2D eigenvalue weighted by atomic mass is 16.6. The monoisotopic (exact) mass is 270 g/mol. The molecular weight excluding hydrogens is 244 g/mol. The minimum Gasteiger partial charge on any atom is -0.444 e. The zero-order valence-corrected chi connectivity index (χ0v) is 12.3. The molecular formula is C14H26N2O3. The normalized spacial score (nSPS) is 22.2. The van der Waals surface area contributed by atoms with Gasteiger partial charge >= 0.3 is 6.09 Å². The van der Waals surface area contributed by atoms with Crippen LogP contribution in [0, 0.1) is 5.92 Å². The van der Waals surface area contributed by atoms with Gasteiger partial charge in [0.2, 0.25) is 0 Å². The second-order valence-electron chi connectivity index (χ2n) is 6.53. The first-order chi connectivity index (χ1) is 8.94. The van der Waals surface area contributed by atoms with Gasteiger partial charge in [-0.25, -0.2) is 4.79 Å². The van der Waals surface area contributed by atoms with Gasteiger partial charge in [-0.3, -0.25) is 0 Å². The average molecular weight is 270 g/mol. The minimum atomic E-state index is -0.409. The van der Waals surface area contributed by atoms with E-state index in [1.54, 1.807) is 4.90 Å². The first-order valence-corrected chi connectivity index (χ1v) is 7.24. The van der Waals surface area contributed by atoms with Crippen molar-refractivity contribution in [3.63, 3.8) is 0 Å². The van der Waals surface area contributed by atoms with E-state index in [1.165, 1.54) is 0 Å². The fraction of sp³-hybridized carbons (Fsp3) is 0.929. The molecule has 0 radical (unpaired) electrons. The summed E-state index contributed by atoms with van der Waals surface area (Å²) >= 11 is 0. The molecule has 0 aromatic heterocycles. The number of nitrogens with zero attached hydrogens (tertiary/aromatic N) is 1. The summed E-state index contributed by atoms with van der Waals surface area (Å²) in [6, 6.07) is 0. The molecule has 110 valence electrons. The summed E-state index contributed by atoms with van der Waals surface area (Å²) in [4.78, 5) is 13.5. The molecule has 0 saturated carbocycles. The molecule has 0 spiro atoms. The molecule has 2 aliphatic heterocycles. The quantitative estimate of drug-likeness (QED) is 0.846. The SMILES string of the molecule is CC(C)(C)OC(=O)N1CC(COC2CCNCC2)C1. The molecule has 0 aliphatic carbocycles. The number of amides is 1. The fourth-order valence-corrected chi connectivity index (χ4v) is 2.39. The van der Waals surface area contributed by atoms with Crippen LogP contribution in [-0.4, -0.2) is 55.5 Å². The van der Waals surface area contributed by atoms with Crippen molar-refractivity contribution < 1.29 is 14.3 Å². The number of hydrogen-bond donors (Lipinski definition) is 1. The van der Waals surface area contributed by atoms with E-state index in [4.69, 9.17) is 9.47 Å². The van der Waals surface area contributed by atoms with Crippen LogP contribution in [-0.2, 0) is 9.47 Å². The van der Waals surface area contributed by atoms with E-state index in [-0.39, 0.29) is 6.09 Å². The van der Waals surface area contributed by atoms with Gasteiger partial charge in [-0.2, -0.15) is 0 Å². The Morgan fingerprint density at radius 2 is 1.89 bits per heavy atom. The van der Waals surface area contributed by atoms with Crippen LogP contribution in [0.4, 0.5) is 4.79 Å². The molecule has 0 unspecified atom stereocenters. The van der Waals surface area contributed by atoms with Gasteiger partial charge in [0, 0.05) is 19.0 Å². The van der Waals surface area contributed by atoms with Crippen molar-refractivity contribution in [1.29, 1.82) is 0 Å². The Morgan fingerprint density at radius 3 is 2.47 bits per heavy atom. The van der Waals surface area contributed by atoms with E-state index < -0.39 is 5.60 Å². The third-order valence-electron chi connectivity index (χ3n) is 3.46. The molecule has 1 N–H and O–H groups in total. The lowest BCUT2D eigenvalue weighted by atomic mass is 10.0. The maximum absolute atomic E-state index is 11.7. The summed E-state index contributed by atoms with van der Waals surface area (Å²) in [5, 5.41) is 3.32. The third-order valence-corrected chi connectivity index (χ3v) is 3.46. The van der Waals surface area contributed by atoms with E-state index in [2.05, 4.69) is 5.32 Å². The van der Waals surface area contributed by atoms with Crippen molar-refractivity contribution in [3.05, 3.63) is 0 Å². The predicted molar refractivity (Wildman–Crippen MR) is 73.1 cm³/mol. The van der Waals surface area contributed by atoms with Crippen molar-refractivity contribution in [1.82, 2.24) is 10.2 Å². The molecule has 5 heteroatoms. The summed E-state index contributed by atoms with van der Waals surface area (Å²) in [7, 11) is 0. The highest BCUT2D eigenvalue weighted by Gasteiger charge is 2.34. The Balaban J connectivity index is 1.59. The lowest BCUT2D eigenvalue weighted by molar-refractivity contribution is -0.0420. The van der Waals surface area contributed by atoms with Gasteiger partial charge in [-0.15, -0.1) is 0 Å². The van der Waals surface area contributed by atoms with E-state index in [9.17, 15) is 4.79 Å². The van der Waals surface area contributed by atoms with Crippen LogP contribution in [0.5, 0.6) is 0 Å². The van der Waals surface area contributed by atoms with Crippen LogP contribution in [0.3, 0.4) is 0 Å². The van der Waals surface area contributed by atoms with Crippen molar-refractivity contribution in [3.8, 4) is 0 Å². The second-order valence-corrected chi connectivity index (χ2v) is 6.53. The molecule has 2 fully saturated rings. The largest absolute Gasteiger partial charge is 0.444 e. The smallest absolute Gasteiger partial charge is 0.410 e. The van der Waals surface area contributed by atoms with E-state index in [0.717, 1.165) is 45.6 Å². The molecule has 2 aliphatic rings. The number of piperidine rings is 1. The zero-order chi connectivity index (χ0) is 13.9. The number of carbonyl (C=O) groups is 1. The van der Waals surface area contributed by atoms with Gasteiger partial charge in [0.1, 0.15) is 5.60 Å². The summed E-state index contributed by atoms with van der Waals surface area (Å²) in [5.74, 6) is 0.474. The van der Waals surface area contributed by atoms with Crippen molar-refractivity contribution >= 4 is 6.09 Å². The van der Waals surface area contributed by atoms with Crippen LogP contribution in [0.25, 0.3) is 0 Å². The number of hydrogen-bond acceptors (Lipinski definition) is 4. The van der Waals surface area contributed by atoms with Crippen LogP contribution < -0.4 is 5.32 Å². The van der Waals surface area contributed by atoms with Crippen LogP contribution in [0.1, 0.15) is 33.6 Å². The first-order valence-electron chi connectivity index (χ1n) is 7.24. The summed E-state index contributed by atoms with van der Waals surface area (Å²) in [6.07, 6.45) is 2.40. The van der Waals surface area contributed by atoms with Crippen LogP contribution in [0.15, 0.2) is 0 Å². The van der Waals surface area contributed by atoms with E-state index >= 15 is 0 Å². The standard InChI is InChI=1S/C14H26N2O3/c1-14(2,3)19-13(17)16-8-11(9-16)10-18-12-4-6-15-7-5-12/h11-12,15H,4-10H2,1-3H3. The Morgan fingerprint density at radius 1 is 1.26 bits per heavy atom. The average Bonchev–Trinajstić information content (AvgIpc) is 2.25. The minimum absolute atomic E-state index is 0.203. The lowest BCUT2D eigenvalue weighted by Gasteiger charge is -2.40. The molecule has 2 saturated heterocycles. The number of nitrogens with one attached hydrogen (secondary N) is 1. The highest BCUT2D eigenvalue weighted by Crippen LogP contribution is 2.21. The maximum Gasteiger partial charge on any atom is 0.410 e. The topological polar surface area (TPSA) is 50.8 Å². The Hall–Kier alpha value is -0.810. The van der Waals surface area contributed by atoms with E-state index in [0.29, 0.717) is 12.0 Å². The molecule has 0 atom stereocenters.